The number of nitrogens with two attached hydrogens (primary N) is 1. The van der Waals surface area contributed by atoms with Crippen molar-refractivity contribution in [2.75, 3.05) is 5.75 Å². The number of thioether (sulfide) groups is 1. The number of aromatic nitrogens is 4. The number of carbonyl (C=O) groups excluding carboxylic acids is 1. The maximum Gasteiger partial charge on any atom is 0.263 e. The Morgan fingerprint density at radius 3 is 2.52 bits per heavy atom. The van der Waals surface area contributed by atoms with Gasteiger partial charge in [0.15, 0.2) is 5.16 Å². The first-order valence-corrected chi connectivity index (χ1v) is 12.2. The summed E-state index contributed by atoms with van der Waals surface area (Å²) in [6, 6.07) is 17.9. The number of hydrogen-bond acceptors (Lipinski definition) is 5. The molecule has 7 nitrogen and oxygen atoms in total. The molecule has 1 fully saturated rings. The molecule has 2 aliphatic rings. The molecule has 4 aromatic rings. The van der Waals surface area contributed by atoms with Crippen LogP contribution < -0.4 is 11.3 Å². The summed E-state index contributed by atoms with van der Waals surface area (Å²) in [4.78, 5) is 25.8. The first-order valence-electron chi connectivity index (χ1n) is 11.2. The van der Waals surface area contributed by atoms with Gasteiger partial charge in [-0.1, -0.05) is 67.1 Å². The fourth-order valence-electron chi connectivity index (χ4n) is 5.63. The minimum absolute atomic E-state index is 0.0287. The highest BCUT2D eigenvalue weighted by molar-refractivity contribution is 7.99. The molecule has 1 amide bonds. The summed E-state index contributed by atoms with van der Waals surface area (Å²) in [7, 11) is 0. The Balaban J connectivity index is 1.77. The zero-order valence-corrected chi connectivity index (χ0v) is 18.8. The second-order valence-corrected chi connectivity index (χ2v) is 9.84. The molecular formula is C25H23N5O2S. The van der Waals surface area contributed by atoms with Crippen molar-refractivity contribution < 1.29 is 4.79 Å². The Labute approximate surface area is 194 Å². The van der Waals surface area contributed by atoms with Gasteiger partial charge >= 0.3 is 0 Å². The predicted molar refractivity (Wildman–Crippen MR) is 128 cm³/mol. The molecule has 166 valence electrons. The summed E-state index contributed by atoms with van der Waals surface area (Å²) < 4.78 is 3.64. The molecule has 0 unspecified atom stereocenters. The van der Waals surface area contributed by atoms with Crippen molar-refractivity contribution >= 4 is 23.4 Å². The summed E-state index contributed by atoms with van der Waals surface area (Å²) in [6.45, 7) is 0. The van der Waals surface area contributed by atoms with E-state index in [2.05, 4.69) is 28.4 Å². The summed E-state index contributed by atoms with van der Waals surface area (Å²) in [5.74, 6) is 0.115. The van der Waals surface area contributed by atoms with Gasteiger partial charge in [-0.15, -0.1) is 10.2 Å². The lowest BCUT2D eigenvalue weighted by Crippen LogP contribution is -2.40. The van der Waals surface area contributed by atoms with Gasteiger partial charge in [0, 0.05) is 16.5 Å². The van der Waals surface area contributed by atoms with E-state index in [9.17, 15) is 9.59 Å². The van der Waals surface area contributed by atoms with E-state index in [1.165, 1.54) is 17.3 Å². The quantitative estimate of drug-likeness (QED) is 0.473. The maximum atomic E-state index is 14.3. The Hall–Kier alpha value is -3.39. The van der Waals surface area contributed by atoms with E-state index in [4.69, 9.17) is 5.73 Å². The number of amides is 1. The third-order valence-corrected chi connectivity index (χ3v) is 7.90. The molecule has 2 aromatic carbocycles. The van der Waals surface area contributed by atoms with Crippen LogP contribution in [0.4, 0.5) is 0 Å². The second kappa shape index (κ2) is 7.59. The molecule has 0 bridgehead atoms. The smallest absolute Gasteiger partial charge is 0.263 e. The van der Waals surface area contributed by atoms with E-state index >= 15 is 0 Å². The molecule has 0 saturated heterocycles. The van der Waals surface area contributed by atoms with Crippen LogP contribution in [0.5, 0.6) is 0 Å². The summed E-state index contributed by atoms with van der Waals surface area (Å²) in [5.41, 5.74) is 9.93. The molecule has 0 atom stereocenters. The van der Waals surface area contributed by atoms with Crippen molar-refractivity contribution in [1.82, 2.24) is 19.2 Å². The third-order valence-electron chi connectivity index (χ3n) is 6.94. The zero-order valence-electron chi connectivity index (χ0n) is 18.0. The molecule has 33 heavy (non-hydrogen) atoms. The minimum Gasteiger partial charge on any atom is -0.369 e. The summed E-state index contributed by atoms with van der Waals surface area (Å²) in [6.07, 6.45) is 5.04. The number of hydrogen-bond donors (Lipinski definition) is 1. The lowest BCUT2D eigenvalue weighted by Gasteiger charge is -2.37. The number of fused-ring (bicyclic) bond motifs is 6. The van der Waals surface area contributed by atoms with Gasteiger partial charge in [0.05, 0.1) is 17.1 Å². The lowest BCUT2D eigenvalue weighted by atomic mass is 9.68. The van der Waals surface area contributed by atoms with E-state index in [1.54, 1.807) is 4.57 Å². The number of nitrogens with zero attached hydrogens (tertiary/aromatic N) is 4. The fourth-order valence-corrected chi connectivity index (χ4v) is 6.30. The Morgan fingerprint density at radius 2 is 1.76 bits per heavy atom. The van der Waals surface area contributed by atoms with Gasteiger partial charge in [-0.05, 0) is 37.0 Å². The van der Waals surface area contributed by atoms with Crippen LogP contribution in [0.2, 0.25) is 0 Å². The van der Waals surface area contributed by atoms with Crippen molar-refractivity contribution in [3.8, 4) is 16.9 Å². The van der Waals surface area contributed by atoms with Crippen LogP contribution in [0.25, 0.3) is 22.7 Å². The topological polar surface area (TPSA) is 95.3 Å². The molecule has 0 aliphatic heterocycles. The van der Waals surface area contributed by atoms with Crippen molar-refractivity contribution in [2.45, 2.75) is 42.7 Å². The lowest BCUT2D eigenvalue weighted by molar-refractivity contribution is -0.115. The van der Waals surface area contributed by atoms with Crippen LogP contribution in [0.1, 0.15) is 36.8 Å². The summed E-state index contributed by atoms with van der Waals surface area (Å²) in [5, 5.41) is 9.40. The van der Waals surface area contributed by atoms with Gasteiger partial charge in [0.25, 0.3) is 5.56 Å². The highest BCUT2D eigenvalue weighted by Crippen LogP contribution is 2.50. The molecule has 2 aromatic heterocycles. The zero-order chi connectivity index (χ0) is 22.6. The van der Waals surface area contributed by atoms with Gasteiger partial charge in [-0.3, -0.25) is 14.0 Å². The van der Waals surface area contributed by atoms with Gasteiger partial charge in [-0.2, -0.15) is 0 Å². The largest absolute Gasteiger partial charge is 0.369 e. The van der Waals surface area contributed by atoms with Crippen LogP contribution >= 0.6 is 11.8 Å². The summed E-state index contributed by atoms with van der Waals surface area (Å²) >= 11 is 1.25. The molecule has 2 N–H and O–H groups in total. The van der Waals surface area contributed by atoms with Crippen LogP contribution in [-0.2, 0) is 16.6 Å². The Kier molecular flexibility index (Phi) is 4.65. The first-order chi connectivity index (χ1) is 16.1. The van der Waals surface area contributed by atoms with Crippen LogP contribution in [-0.4, -0.2) is 30.8 Å². The van der Waals surface area contributed by atoms with Gasteiger partial charge < -0.3 is 5.73 Å². The molecule has 0 radical (unpaired) electrons. The monoisotopic (exact) mass is 457 g/mol. The average molecular weight is 458 g/mol. The fraction of sp³-hybridized carbons (Fsp3) is 0.280. The first kappa shape index (κ1) is 20.2. The van der Waals surface area contributed by atoms with Crippen molar-refractivity contribution in [2.24, 2.45) is 5.73 Å². The average Bonchev–Trinajstić information content (AvgIpc) is 3.45. The molecule has 1 spiro atoms. The van der Waals surface area contributed by atoms with Gasteiger partial charge in [-0.25, -0.2) is 4.57 Å². The van der Waals surface area contributed by atoms with Crippen molar-refractivity contribution in [3.63, 3.8) is 0 Å². The van der Waals surface area contributed by atoms with E-state index in [1.807, 2.05) is 40.8 Å². The Bertz CT molecular complexity index is 1450. The standard InChI is InChI=1S/C25H23N5O2S/c26-19(31)15-33-24-28-27-23-29(17-9-2-1-3-10-17)22(32)20-21(30(23)24)18-11-5-4-8-16(18)14-25(20)12-6-7-13-25/h1-5,8-11H,6-7,12-15H2,(H2,26,31). The SMILES string of the molecule is NC(=O)CSc1nnc2n(-c3ccccc3)c(=O)c3c(n12)-c1ccccc1CC31CCCC1. The molecular weight excluding hydrogens is 434 g/mol. The second-order valence-electron chi connectivity index (χ2n) is 8.89. The highest BCUT2D eigenvalue weighted by atomic mass is 32.2. The van der Waals surface area contributed by atoms with Crippen molar-refractivity contribution in [1.29, 1.82) is 0 Å². The Morgan fingerprint density at radius 1 is 1.03 bits per heavy atom. The van der Waals surface area contributed by atoms with Crippen molar-refractivity contribution in [3.05, 3.63) is 76.1 Å². The normalized spacial score (nSPS) is 16.1. The van der Waals surface area contributed by atoms with Crippen LogP contribution in [0.3, 0.4) is 0 Å². The predicted octanol–water partition coefficient (Wildman–Crippen LogP) is 3.49. The third kappa shape index (κ3) is 3.04. The minimum atomic E-state index is -0.422. The van der Waals surface area contributed by atoms with E-state index in [-0.39, 0.29) is 16.7 Å². The molecule has 2 heterocycles. The maximum absolute atomic E-state index is 14.3. The van der Waals surface area contributed by atoms with Gasteiger partial charge in [0.2, 0.25) is 11.7 Å². The molecule has 6 rings (SSSR count). The number of benzene rings is 2. The number of primary amides is 1. The van der Waals surface area contributed by atoms with Crippen LogP contribution in [0.15, 0.2) is 64.5 Å². The molecule has 2 aliphatic carbocycles. The van der Waals surface area contributed by atoms with Crippen LogP contribution in [0, 0.1) is 0 Å². The van der Waals surface area contributed by atoms with Gasteiger partial charge in [0.1, 0.15) is 0 Å². The number of carbonyl (C=O) groups is 1. The van der Waals surface area contributed by atoms with E-state index in [0.717, 1.165) is 54.6 Å². The number of rotatable bonds is 4. The highest BCUT2D eigenvalue weighted by Gasteiger charge is 2.45. The molecule has 1 saturated carbocycles. The number of para-hydroxylation sites is 1. The van der Waals surface area contributed by atoms with E-state index in [0.29, 0.717) is 10.9 Å². The molecule has 8 heteroatoms. The van der Waals surface area contributed by atoms with E-state index < -0.39 is 5.91 Å².